The van der Waals surface area contributed by atoms with Crippen LogP contribution in [0.5, 0.6) is 5.88 Å². The van der Waals surface area contributed by atoms with Gasteiger partial charge in [0.2, 0.25) is 5.88 Å². The van der Waals surface area contributed by atoms with E-state index in [1.807, 2.05) is 41.5 Å². The van der Waals surface area contributed by atoms with E-state index < -0.39 is 40.7 Å². The molecule has 0 atom stereocenters. The number of methoxy groups -OCH3 is 1. The summed E-state index contributed by atoms with van der Waals surface area (Å²) in [5.74, 6) is 0.627. The van der Waals surface area contributed by atoms with Crippen LogP contribution in [0.25, 0.3) is 0 Å². The lowest BCUT2D eigenvalue weighted by Gasteiger charge is -2.23. The molecule has 13 nitrogen and oxygen atoms in total. The SMILES string of the molecule is CC(C)(C)c1cc(CC(=O)C(C)(C)S(=O)(=O)c2ccc(Cl)nc2)no1.COc1ccc(S(=O)(=O)C(C)(C)C(=O)Cc2cc(C(C)(C)C)on2)cn1. The van der Waals surface area contributed by atoms with Gasteiger partial charge in [0.25, 0.3) is 0 Å². The highest BCUT2D eigenvalue weighted by atomic mass is 35.5. The number of pyridine rings is 2. The smallest absolute Gasteiger partial charge is 0.212 e. The standard InChI is InChI=1S/C18H24N2O5S.C17H21ClN2O4S/c1-17(2,3)15-10-12(20-25-15)9-14(21)18(4,5)26(22,23)13-7-8-16(24-6)19-11-13;1-16(2,3)14-9-11(20-24-14)8-13(21)17(4,5)25(22,23)12-6-7-15(18)19-10-12/h7-8,10-11H,9H2,1-6H3;6-7,9-10H,8H2,1-5H3. The van der Waals surface area contributed by atoms with Gasteiger partial charge in [-0.25, -0.2) is 26.8 Å². The molecule has 0 unspecified atom stereocenters. The van der Waals surface area contributed by atoms with E-state index in [0.29, 0.717) is 28.8 Å². The zero-order chi connectivity index (χ0) is 38.8. The molecule has 278 valence electrons. The summed E-state index contributed by atoms with van der Waals surface area (Å²) >= 11 is 5.69. The molecule has 4 rings (SSSR count). The van der Waals surface area contributed by atoms with Crippen molar-refractivity contribution in [1.29, 1.82) is 0 Å². The number of sulfone groups is 2. The van der Waals surface area contributed by atoms with Gasteiger partial charge in [0.1, 0.15) is 26.2 Å². The predicted octanol–water partition coefficient (Wildman–Crippen LogP) is 6.12. The maximum Gasteiger partial charge on any atom is 0.212 e. The third kappa shape index (κ3) is 9.29. The van der Waals surface area contributed by atoms with Crippen molar-refractivity contribution in [2.75, 3.05) is 7.11 Å². The Kier molecular flexibility index (Phi) is 12.2. The first-order valence-electron chi connectivity index (χ1n) is 15.8. The number of halogens is 1. The highest BCUT2D eigenvalue weighted by molar-refractivity contribution is 7.94. The zero-order valence-corrected chi connectivity index (χ0v) is 33.1. The lowest BCUT2D eigenvalue weighted by atomic mass is 9.92. The van der Waals surface area contributed by atoms with Crippen LogP contribution in [-0.2, 0) is 52.9 Å². The third-order valence-electron chi connectivity index (χ3n) is 8.21. The number of hydrogen-bond donors (Lipinski definition) is 0. The monoisotopic (exact) mass is 764 g/mol. The highest BCUT2D eigenvalue weighted by Gasteiger charge is 2.44. The molecule has 0 N–H and O–H groups in total. The van der Waals surface area contributed by atoms with Gasteiger partial charge in [-0.15, -0.1) is 0 Å². The van der Waals surface area contributed by atoms with E-state index in [0.717, 1.165) is 6.20 Å². The van der Waals surface area contributed by atoms with E-state index in [-0.39, 0.29) is 38.6 Å². The Hall–Kier alpha value is -3.95. The Morgan fingerprint density at radius 1 is 0.667 bits per heavy atom. The first-order valence-corrected chi connectivity index (χ1v) is 19.2. The van der Waals surface area contributed by atoms with Gasteiger partial charge in [0, 0.05) is 41.4 Å². The van der Waals surface area contributed by atoms with Gasteiger partial charge in [-0.05, 0) is 45.9 Å². The summed E-state index contributed by atoms with van der Waals surface area (Å²) in [5.41, 5.74) is 0.332. The van der Waals surface area contributed by atoms with Crippen LogP contribution in [0.15, 0.2) is 67.6 Å². The van der Waals surface area contributed by atoms with E-state index in [4.69, 9.17) is 25.4 Å². The van der Waals surface area contributed by atoms with Crippen LogP contribution in [0, 0.1) is 0 Å². The molecule has 0 aliphatic carbocycles. The lowest BCUT2D eigenvalue weighted by molar-refractivity contribution is -0.121. The molecule has 0 aliphatic rings. The largest absolute Gasteiger partial charge is 0.481 e. The topological polar surface area (TPSA) is 189 Å². The van der Waals surface area contributed by atoms with Crippen molar-refractivity contribution in [3.63, 3.8) is 0 Å². The summed E-state index contributed by atoms with van der Waals surface area (Å²) in [5, 5.41) is 7.96. The van der Waals surface area contributed by atoms with Crippen LogP contribution in [0.1, 0.15) is 92.1 Å². The summed E-state index contributed by atoms with van der Waals surface area (Å²) in [7, 11) is -6.42. The normalized spacial score (nSPS) is 12.9. The number of ketones is 2. The molecule has 4 heterocycles. The van der Waals surface area contributed by atoms with Crippen LogP contribution < -0.4 is 4.74 Å². The first kappa shape index (κ1) is 41.5. The van der Waals surface area contributed by atoms with Gasteiger partial charge in [-0.1, -0.05) is 63.5 Å². The Morgan fingerprint density at radius 2 is 1.06 bits per heavy atom. The van der Waals surface area contributed by atoms with Crippen molar-refractivity contribution >= 4 is 42.8 Å². The number of carbonyl (C=O) groups is 2. The van der Waals surface area contributed by atoms with Crippen molar-refractivity contribution in [1.82, 2.24) is 20.3 Å². The zero-order valence-electron chi connectivity index (χ0n) is 30.7. The van der Waals surface area contributed by atoms with E-state index >= 15 is 0 Å². The minimum atomic E-state index is -3.93. The lowest BCUT2D eigenvalue weighted by Crippen LogP contribution is -2.41. The van der Waals surface area contributed by atoms with Crippen molar-refractivity contribution in [3.05, 3.63) is 76.9 Å². The maximum absolute atomic E-state index is 12.9. The Bertz CT molecular complexity index is 2070. The Balaban J connectivity index is 0.000000276. The fourth-order valence-electron chi connectivity index (χ4n) is 4.31. The van der Waals surface area contributed by atoms with E-state index in [1.165, 1.54) is 65.3 Å². The van der Waals surface area contributed by atoms with Crippen LogP contribution in [0.2, 0.25) is 5.15 Å². The molecule has 0 aromatic carbocycles. The van der Waals surface area contributed by atoms with E-state index in [9.17, 15) is 26.4 Å². The summed E-state index contributed by atoms with van der Waals surface area (Å²) in [6.45, 7) is 17.3. The molecule has 0 bridgehead atoms. The highest BCUT2D eigenvalue weighted by Crippen LogP contribution is 2.31. The second kappa shape index (κ2) is 15.0. The molecule has 0 saturated heterocycles. The number of nitrogens with zero attached hydrogens (tertiary/aromatic N) is 4. The summed E-state index contributed by atoms with van der Waals surface area (Å²) in [6, 6.07) is 8.92. The quantitative estimate of drug-likeness (QED) is 0.159. The maximum atomic E-state index is 12.9. The van der Waals surface area contributed by atoms with Crippen molar-refractivity contribution in [3.8, 4) is 5.88 Å². The molecule has 0 spiro atoms. The molecule has 0 radical (unpaired) electrons. The molecule has 0 amide bonds. The number of hydrogen-bond acceptors (Lipinski definition) is 13. The molecular formula is C35H45ClN4O9S2. The number of carbonyl (C=O) groups excluding carboxylic acids is 2. The Morgan fingerprint density at radius 3 is 1.35 bits per heavy atom. The average Bonchev–Trinajstić information content (AvgIpc) is 3.72. The summed E-state index contributed by atoms with van der Waals surface area (Å²) < 4.78 is 63.6. The van der Waals surface area contributed by atoms with Gasteiger partial charge >= 0.3 is 0 Å². The van der Waals surface area contributed by atoms with Crippen LogP contribution in [0.3, 0.4) is 0 Å². The molecule has 51 heavy (non-hydrogen) atoms. The minimum Gasteiger partial charge on any atom is -0.481 e. The van der Waals surface area contributed by atoms with Crippen molar-refractivity contribution in [2.45, 2.75) is 112 Å². The van der Waals surface area contributed by atoms with Crippen molar-refractivity contribution < 1.29 is 40.2 Å². The molecule has 16 heteroatoms. The number of ether oxygens (including phenoxy) is 1. The number of rotatable bonds is 11. The minimum absolute atomic E-state index is 0.0350. The molecule has 4 aromatic rings. The van der Waals surface area contributed by atoms with Crippen LogP contribution in [0.4, 0.5) is 0 Å². The fraction of sp³-hybridized carbons (Fsp3) is 0.486. The Labute approximate surface area is 304 Å². The van der Waals surface area contributed by atoms with Crippen LogP contribution >= 0.6 is 11.6 Å². The molecule has 0 aliphatic heterocycles. The summed E-state index contributed by atoms with van der Waals surface area (Å²) in [6.07, 6.45) is 2.08. The third-order valence-corrected chi connectivity index (χ3v) is 13.3. The van der Waals surface area contributed by atoms with Gasteiger partial charge < -0.3 is 13.8 Å². The van der Waals surface area contributed by atoms with Crippen LogP contribution in [-0.4, -0.2) is 65.3 Å². The van der Waals surface area contributed by atoms with E-state index in [2.05, 4.69) is 20.3 Å². The fourth-order valence-corrected chi connectivity index (χ4v) is 7.22. The van der Waals surface area contributed by atoms with Gasteiger partial charge in [-0.3, -0.25) is 9.59 Å². The van der Waals surface area contributed by atoms with Gasteiger partial charge in [-0.2, -0.15) is 0 Å². The van der Waals surface area contributed by atoms with Gasteiger partial charge in [0.15, 0.2) is 31.2 Å². The number of Topliss-reactive ketones (excluding diaryl/α,β-unsaturated/α-hetero) is 2. The molecule has 0 fully saturated rings. The molecule has 4 aromatic heterocycles. The second-order valence-corrected chi connectivity index (χ2v) is 20.3. The first-order chi connectivity index (χ1) is 23.2. The summed E-state index contributed by atoms with van der Waals surface area (Å²) in [4.78, 5) is 33.0. The van der Waals surface area contributed by atoms with E-state index in [1.54, 1.807) is 12.1 Å². The van der Waals surface area contributed by atoms with Gasteiger partial charge in [0.05, 0.1) is 41.1 Å². The molecule has 0 saturated carbocycles. The predicted molar refractivity (Wildman–Crippen MR) is 190 cm³/mol. The van der Waals surface area contributed by atoms with Crippen molar-refractivity contribution in [2.24, 2.45) is 0 Å². The average molecular weight is 765 g/mol. The second-order valence-electron chi connectivity index (χ2n) is 14.9. The molecular weight excluding hydrogens is 720 g/mol. The number of aromatic nitrogens is 4.